The minimum atomic E-state index is -0.250. The number of amides is 1. The number of nitrogens with one attached hydrogen (secondary N) is 1. The van der Waals surface area contributed by atoms with E-state index in [4.69, 9.17) is 0 Å². The van der Waals surface area contributed by atoms with Crippen molar-refractivity contribution in [2.75, 3.05) is 6.54 Å². The summed E-state index contributed by atoms with van der Waals surface area (Å²) >= 11 is 1.40. The van der Waals surface area contributed by atoms with Crippen LogP contribution in [0.25, 0.3) is 11.4 Å². The average Bonchev–Trinajstić information content (AvgIpc) is 2.95. The van der Waals surface area contributed by atoms with Crippen molar-refractivity contribution in [3.05, 3.63) is 37.2 Å². The minimum Gasteiger partial charge on any atom is -0.352 e. The van der Waals surface area contributed by atoms with Crippen molar-refractivity contribution >= 4 is 17.7 Å². The van der Waals surface area contributed by atoms with E-state index in [2.05, 4.69) is 27.1 Å². The summed E-state index contributed by atoms with van der Waals surface area (Å²) in [5.74, 6) is 0.743. The van der Waals surface area contributed by atoms with Crippen LogP contribution in [0.4, 0.5) is 0 Å². The van der Waals surface area contributed by atoms with Crippen molar-refractivity contribution in [3.63, 3.8) is 0 Å². The second-order valence-electron chi connectivity index (χ2n) is 4.58. The Hall–Kier alpha value is -2.15. The zero-order valence-corrected chi connectivity index (χ0v) is 13.5. The summed E-state index contributed by atoms with van der Waals surface area (Å²) in [6.45, 7) is 8.66. The molecule has 2 rings (SSSR count). The summed E-state index contributed by atoms with van der Waals surface area (Å²) in [6, 6.07) is 3.79. The zero-order chi connectivity index (χ0) is 15.9. The summed E-state index contributed by atoms with van der Waals surface area (Å²) in [5.41, 5.74) is 0.958. The number of carbonyl (C=O) groups is 1. The molecule has 6 nitrogen and oxygen atoms in total. The number of pyridine rings is 1. The van der Waals surface area contributed by atoms with Gasteiger partial charge in [0.2, 0.25) is 5.91 Å². The van der Waals surface area contributed by atoms with Gasteiger partial charge in [-0.1, -0.05) is 17.8 Å². The molecule has 0 aliphatic carbocycles. The van der Waals surface area contributed by atoms with Crippen molar-refractivity contribution in [3.8, 4) is 11.4 Å². The van der Waals surface area contributed by atoms with Gasteiger partial charge in [0, 0.05) is 31.0 Å². The quantitative estimate of drug-likeness (QED) is 0.626. The highest BCUT2D eigenvalue weighted by Gasteiger charge is 2.19. The Morgan fingerprint density at radius 2 is 2.18 bits per heavy atom. The Labute approximate surface area is 134 Å². The van der Waals surface area contributed by atoms with Crippen LogP contribution in [0.5, 0.6) is 0 Å². The Kier molecular flexibility index (Phi) is 5.71. The molecule has 2 aromatic heterocycles. The number of rotatable bonds is 7. The number of nitrogens with zero attached hydrogens (tertiary/aromatic N) is 4. The van der Waals surface area contributed by atoms with E-state index in [1.807, 2.05) is 30.5 Å². The third-order valence-electron chi connectivity index (χ3n) is 3.04. The lowest BCUT2D eigenvalue weighted by atomic mass is 10.2. The molecule has 2 heterocycles. The molecule has 0 aliphatic heterocycles. The molecule has 0 bridgehead atoms. The van der Waals surface area contributed by atoms with Gasteiger partial charge in [-0.25, -0.2) is 0 Å². The predicted molar refractivity (Wildman–Crippen MR) is 87.5 cm³/mol. The molecule has 1 unspecified atom stereocenters. The highest BCUT2D eigenvalue weighted by molar-refractivity contribution is 8.00. The number of carbonyl (C=O) groups excluding carboxylic acids is 1. The van der Waals surface area contributed by atoms with E-state index in [0.29, 0.717) is 6.54 Å². The maximum Gasteiger partial charge on any atom is 0.233 e. The molecule has 0 saturated carbocycles. The molecule has 22 heavy (non-hydrogen) atoms. The van der Waals surface area contributed by atoms with E-state index in [9.17, 15) is 4.79 Å². The normalized spacial score (nSPS) is 11.9. The zero-order valence-electron chi connectivity index (χ0n) is 12.7. The Morgan fingerprint density at radius 1 is 1.45 bits per heavy atom. The van der Waals surface area contributed by atoms with E-state index < -0.39 is 0 Å². The van der Waals surface area contributed by atoms with Gasteiger partial charge in [0.15, 0.2) is 11.0 Å². The van der Waals surface area contributed by atoms with Crippen LogP contribution in [0.1, 0.15) is 13.8 Å². The summed E-state index contributed by atoms with van der Waals surface area (Å²) in [5, 5.41) is 11.7. The fraction of sp³-hybridized carbons (Fsp3) is 0.333. The first-order chi connectivity index (χ1) is 10.7. The van der Waals surface area contributed by atoms with Crippen molar-refractivity contribution < 1.29 is 4.79 Å². The molecule has 0 spiro atoms. The first-order valence-corrected chi connectivity index (χ1v) is 7.94. The topological polar surface area (TPSA) is 72.7 Å². The van der Waals surface area contributed by atoms with Gasteiger partial charge in [0.05, 0.1) is 5.25 Å². The second kappa shape index (κ2) is 7.74. The molecule has 0 aromatic carbocycles. The summed E-state index contributed by atoms with van der Waals surface area (Å²) in [4.78, 5) is 15.9. The summed E-state index contributed by atoms with van der Waals surface area (Å²) in [6.07, 6.45) is 5.11. The molecular weight excluding hydrogens is 298 g/mol. The summed E-state index contributed by atoms with van der Waals surface area (Å²) in [7, 11) is 0. The lowest BCUT2D eigenvalue weighted by Gasteiger charge is -2.11. The van der Waals surface area contributed by atoms with Crippen molar-refractivity contribution in [1.82, 2.24) is 25.1 Å². The molecule has 0 radical (unpaired) electrons. The van der Waals surface area contributed by atoms with E-state index >= 15 is 0 Å². The third kappa shape index (κ3) is 3.73. The minimum absolute atomic E-state index is 0.0407. The van der Waals surface area contributed by atoms with Crippen LogP contribution < -0.4 is 5.32 Å². The third-order valence-corrected chi connectivity index (χ3v) is 4.12. The molecule has 0 fully saturated rings. The van der Waals surface area contributed by atoms with Crippen LogP contribution in [-0.2, 0) is 11.3 Å². The Morgan fingerprint density at radius 3 is 2.82 bits per heavy atom. The Bertz CT molecular complexity index is 641. The van der Waals surface area contributed by atoms with Crippen LogP contribution in [0.3, 0.4) is 0 Å². The number of hydrogen-bond donors (Lipinski definition) is 1. The van der Waals surface area contributed by atoms with E-state index in [1.165, 1.54) is 11.8 Å². The van der Waals surface area contributed by atoms with E-state index in [0.717, 1.165) is 23.1 Å². The van der Waals surface area contributed by atoms with E-state index in [1.54, 1.807) is 18.5 Å². The number of hydrogen-bond acceptors (Lipinski definition) is 5. The monoisotopic (exact) mass is 317 g/mol. The fourth-order valence-corrected chi connectivity index (χ4v) is 2.84. The molecule has 2 aromatic rings. The lowest BCUT2D eigenvalue weighted by Crippen LogP contribution is -2.31. The molecule has 1 atom stereocenters. The molecule has 0 saturated heterocycles. The molecule has 1 amide bonds. The van der Waals surface area contributed by atoms with Crippen molar-refractivity contribution in [2.24, 2.45) is 0 Å². The van der Waals surface area contributed by atoms with Gasteiger partial charge in [-0.05, 0) is 26.0 Å². The van der Waals surface area contributed by atoms with Gasteiger partial charge in [0.25, 0.3) is 0 Å². The van der Waals surface area contributed by atoms with Gasteiger partial charge < -0.3 is 9.88 Å². The van der Waals surface area contributed by atoms with Gasteiger partial charge in [-0.3, -0.25) is 9.78 Å². The highest BCUT2D eigenvalue weighted by atomic mass is 32.2. The van der Waals surface area contributed by atoms with Gasteiger partial charge >= 0.3 is 0 Å². The van der Waals surface area contributed by atoms with Crippen molar-refractivity contribution in [2.45, 2.75) is 30.8 Å². The average molecular weight is 317 g/mol. The van der Waals surface area contributed by atoms with Crippen LogP contribution >= 0.6 is 11.8 Å². The number of aromatic nitrogens is 4. The van der Waals surface area contributed by atoms with Crippen LogP contribution in [0.15, 0.2) is 42.3 Å². The lowest BCUT2D eigenvalue weighted by molar-refractivity contribution is -0.120. The van der Waals surface area contributed by atoms with Crippen LogP contribution in [-0.4, -0.2) is 37.5 Å². The maximum absolute atomic E-state index is 11.9. The Balaban J connectivity index is 2.17. The van der Waals surface area contributed by atoms with Gasteiger partial charge in [0.1, 0.15) is 0 Å². The smallest absolute Gasteiger partial charge is 0.233 e. The maximum atomic E-state index is 11.9. The number of thioether (sulfide) groups is 1. The largest absolute Gasteiger partial charge is 0.352 e. The molecular formula is C15H19N5OS. The first kappa shape index (κ1) is 16.2. The highest BCUT2D eigenvalue weighted by Crippen LogP contribution is 2.26. The summed E-state index contributed by atoms with van der Waals surface area (Å²) < 4.78 is 2.00. The standard InChI is InChI=1S/C15H19N5OS/c1-4-8-17-14(21)11(3)22-15-19-18-13(20(15)5-2)12-6-9-16-10-7-12/h4,6-7,9-11H,1,5,8H2,2-3H3,(H,17,21). The van der Waals surface area contributed by atoms with Crippen LogP contribution in [0.2, 0.25) is 0 Å². The van der Waals surface area contributed by atoms with Crippen molar-refractivity contribution in [1.29, 1.82) is 0 Å². The first-order valence-electron chi connectivity index (χ1n) is 7.06. The van der Waals surface area contributed by atoms with Gasteiger partial charge in [-0.15, -0.1) is 16.8 Å². The molecule has 1 N–H and O–H groups in total. The predicted octanol–water partition coefficient (Wildman–Crippen LogP) is 2.14. The SMILES string of the molecule is C=CCNC(=O)C(C)Sc1nnc(-c2ccncc2)n1CC. The molecule has 7 heteroatoms. The van der Waals surface area contributed by atoms with E-state index in [-0.39, 0.29) is 11.2 Å². The second-order valence-corrected chi connectivity index (χ2v) is 5.89. The fourth-order valence-electron chi connectivity index (χ4n) is 1.90. The molecule has 116 valence electrons. The molecule has 0 aliphatic rings. The van der Waals surface area contributed by atoms with Crippen LogP contribution in [0, 0.1) is 0 Å². The van der Waals surface area contributed by atoms with Gasteiger partial charge in [-0.2, -0.15) is 0 Å².